The number of rotatable bonds is 0. The van der Waals surface area contributed by atoms with Crippen molar-refractivity contribution in [3.8, 4) is 0 Å². The Balaban J connectivity index is 1.88. The molecule has 15 heavy (non-hydrogen) atoms. The van der Waals surface area contributed by atoms with Crippen molar-refractivity contribution in [1.82, 2.24) is 5.32 Å². The van der Waals surface area contributed by atoms with Crippen molar-refractivity contribution in [2.45, 2.75) is 63.8 Å². The van der Waals surface area contributed by atoms with Gasteiger partial charge < -0.3 is 5.32 Å². The molecule has 1 saturated heterocycles. The predicted molar refractivity (Wildman–Crippen MR) is 63.8 cm³/mol. The van der Waals surface area contributed by atoms with Crippen LogP contribution in [-0.4, -0.2) is 12.1 Å². The zero-order chi connectivity index (χ0) is 10.3. The monoisotopic (exact) mass is 207 g/mol. The summed E-state index contributed by atoms with van der Waals surface area (Å²) in [6.07, 6.45) is 11.9. The van der Waals surface area contributed by atoms with Gasteiger partial charge in [-0.3, -0.25) is 0 Å². The van der Waals surface area contributed by atoms with Crippen LogP contribution in [0.4, 0.5) is 0 Å². The smallest absolute Gasteiger partial charge is 0.0153 e. The standard InChI is InChI=1S/C14H25N/c1-14-7-5-12-4-2-3-11(10-15-14)9-13(12)6-8-14/h11-13,15H,2-10H2,1H3/t11?,12?,13?,14-/m0/s1. The lowest BCUT2D eigenvalue weighted by Gasteiger charge is -2.34. The highest BCUT2D eigenvalue weighted by Gasteiger charge is 2.38. The van der Waals surface area contributed by atoms with Gasteiger partial charge in [-0.2, -0.15) is 0 Å². The van der Waals surface area contributed by atoms with Gasteiger partial charge in [0.2, 0.25) is 0 Å². The van der Waals surface area contributed by atoms with E-state index in [4.69, 9.17) is 0 Å². The molecule has 1 N–H and O–H groups in total. The number of fused-ring (bicyclic) bond motifs is 3. The molecule has 1 nitrogen and oxygen atoms in total. The van der Waals surface area contributed by atoms with Crippen molar-refractivity contribution in [1.29, 1.82) is 0 Å². The van der Waals surface area contributed by atoms with Crippen LogP contribution in [0, 0.1) is 17.8 Å². The molecule has 1 aliphatic heterocycles. The third-order valence-electron chi connectivity index (χ3n) is 5.44. The van der Waals surface area contributed by atoms with Crippen molar-refractivity contribution >= 4 is 0 Å². The molecular formula is C14H25N. The van der Waals surface area contributed by atoms with E-state index in [1.807, 2.05) is 0 Å². The van der Waals surface area contributed by atoms with Gasteiger partial charge in [0.1, 0.15) is 0 Å². The van der Waals surface area contributed by atoms with Crippen LogP contribution < -0.4 is 5.32 Å². The fourth-order valence-corrected chi connectivity index (χ4v) is 4.26. The lowest BCUT2D eigenvalue weighted by Crippen LogP contribution is -2.45. The first-order valence-electron chi connectivity index (χ1n) is 7.00. The van der Waals surface area contributed by atoms with Gasteiger partial charge >= 0.3 is 0 Å². The molecule has 0 aromatic heterocycles. The molecule has 3 rings (SSSR count). The van der Waals surface area contributed by atoms with Crippen LogP contribution in [0.5, 0.6) is 0 Å². The van der Waals surface area contributed by atoms with Gasteiger partial charge in [-0.25, -0.2) is 0 Å². The van der Waals surface area contributed by atoms with E-state index in [1.165, 1.54) is 57.9 Å². The highest BCUT2D eigenvalue weighted by molar-refractivity contribution is 4.94. The summed E-state index contributed by atoms with van der Waals surface area (Å²) in [6, 6.07) is 0. The summed E-state index contributed by atoms with van der Waals surface area (Å²) >= 11 is 0. The van der Waals surface area contributed by atoms with E-state index in [2.05, 4.69) is 12.2 Å². The third-order valence-corrected chi connectivity index (χ3v) is 5.44. The van der Waals surface area contributed by atoms with Crippen LogP contribution in [-0.2, 0) is 0 Å². The summed E-state index contributed by atoms with van der Waals surface area (Å²) in [6.45, 7) is 3.77. The van der Waals surface area contributed by atoms with Crippen molar-refractivity contribution in [3.63, 3.8) is 0 Å². The second-order valence-electron chi connectivity index (χ2n) is 6.57. The minimum atomic E-state index is 0.489. The Hall–Kier alpha value is -0.0400. The molecule has 3 bridgehead atoms. The molecule has 86 valence electrons. The quantitative estimate of drug-likeness (QED) is 0.642. The highest BCUT2D eigenvalue weighted by atomic mass is 15.0. The molecular weight excluding hydrogens is 182 g/mol. The summed E-state index contributed by atoms with van der Waals surface area (Å²) in [4.78, 5) is 0. The molecule has 1 heterocycles. The lowest BCUT2D eigenvalue weighted by atomic mass is 9.81. The molecule has 0 aromatic rings. The zero-order valence-electron chi connectivity index (χ0n) is 10.1. The van der Waals surface area contributed by atoms with E-state index in [0.717, 1.165) is 17.8 Å². The fraction of sp³-hybridized carbons (Fsp3) is 1.00. The predicted octanol–water partition coefficient (Wildman–Crippen LogP) is 3.34. The van der Waals surface area contributed by atoms with E-state index >= 15 is 0 Å². The number of hydrogen-bond donors (Lipinski definition) is 1. The minimum absolute atomic E-state index is 0.489. The van der Waals surface area contributed by atoms with Gasteiger partial charge in [0.25, 0.3) is 0 Å². The molecule has 3 fully saturated rings. The lowest BCUT2D eigenvalue weighted by molar-refractivity contribution is 0.230. The maximum absolute atomic E-state index is 3.88. The molecule has 0 amide bonds. The summed E-state index contributed by atoms with van der Waals surface area (Å²) in [7, 11) is 0. The van der Waals surface area contributed by atoms with E-state index in [1.54, 1.807) is 0 Å². The Bertz CT molecular complexity index is 233. The van der Waals surface area contributed by atoms with Gasteiger partial charge in [-0.05, 0) is 69.7 Å². The molecule has 2 saturated carbocycles. The number of hydrogen-bond acceptors (Lipinski definition) is 1. The van der Waals surface area contributed by atoms with Crippen LogP contribution >= 0.6 is 0 Å². The Labute approximate surface area is 94.0 Å². The van der Waals surface area contributed by atoms with Gasteiger partial charge in [-0.15, -0.1) is 0 Å². The first kappa shape index (κ1) is 10.1. The minimum Gasteiger partial charge on any atom is -0.311 e. The Morgan fingerprint density at radius 3 is 2.67 bits per heavy atom. The van der Waals surface area contributed by atoms with Gasteiger partial charge in [0.15, 0.2) is 0 Å². The third kappa shape index (κ3) is 1.95. The van der Waals surface area contributed by atoms with E-state index in [0.29, 0.717) is 5.54 Å². The summed E-state index contributed by atoms with van der Waals surface area (Å²) < 4.78 is 0. The van der Waals surface area contributed by atoms with Crippen molar-refractivity contribution in [2.75, 3.05) is 6.54 Å². The van der Waals surface area contributed by atoms with Crippen LogP contribution in [0.3, 0.4) is 0 Å². The second-order valence-corrected chi connectivity index (χ2v) is 6.57. The van der Waals surface area contributed by atoms with Crippen LogP contribution in [0.1, 0.15) is 58.3 Å². The van der Waals surface area contributed by atoms with Crippen LogP contribution in [0.25, 0.3) is 0 Å². The molecule has 1 heteroatoms. The summed E-state index contributed by atoms with van der Waals surface area (Å²) in [5.74, 6) is 3.16. The van der Waals surface area contributed by atoms with Gasteiger partial charge in [0.05, 0.1) is 0 Å². The average Bonchev–Trinajstić information content (AvgIpc) is 2.48. The highest BCUT2D eigenvalue weighted by Crippen LogP contribution is 2.44. The fourth-order valence-electron chi connectivity index (χ4n) is 4.26. The van der Waals surface area contributed by atoms with Crippen molar-refractivity contribution < 1.29 is 0 Å². The molecule has 4 atom stereocenters. The normalized spacial score (nSPS) is 50.6. The number of nitrogens with one attached hydrogen (secondary N) is 1. The van der Waals surface area contributed by atoms with E-state index in [-0.39, 0.29) is 0 Å². The van der Waals surface area contributed by atoms with Gasteiger partial charge in [0, 0.05) is 5.54 Å². The molecule has 3 aliphatic rings. The van der Waals surface area contributed by atoms with Crippen molar-refractivity contribution in [2.24, 2.45) is 17.8 Å². The molecule has 0 aromatic carbocycles. The average molecular weight is 207 g/mol. The van der Waals surface area contributed by atoms with Crippen LogP contribution in [0.2, 0.25) is 0 Å². The molecule has 0 radical (unpaired) electrons. The Morgan fingerprint density at radius 1 is 1.00 bits per heavy atom. The summed E-state index contributed by atoms with van der Waals surface area (Å²) in [5, 5.41) is 3.88. The Morgan fingerprint density at radius 2 is 1.80 bits per heavy atom. The van der Waals surface area contributed by atoms with Crippen LogP contribution in [0.15, 0.2) is 0 Å². The molecule has 0 spiro atoms. The first-order valence-corrected chi connectivity index (χ1v) is 7.00. The first-order chi connectivity index (χ1) is 7.25. The Kier molecular flexibility index (Phi) is 2.54. The second kappa shape index (κ2) is 3.76. The summed E-state index contributed by atoms with van der Waals surface area (Å²) in [5.41, 5.74) is 0.489. The largest absolute Gasteiger partial charge is 0.311 e. The maximum atomic E-state index is 3.88. The van der Waals surface area contributed by atoms with E-state index < -0.39 is 0 Å². The zero-order valence-corrected chi connectivity index (χ0v) is 10.1. The van der Waals surface area contributed by atoms with Crippen molar-refractivity contribution in [3.05, 3.63) is 0 Å². The molecule has 3 unspecified atom stereocenters. The SMILES string of the molecule is C[C@@]12CCC3CCCC(CN1)CC3CC2. The topological polar surface area (TPSA) is 12.0 Å². The molecule has 2 aliphatic carbocycles. The van der Waals surface area contributed by atoms with E-state index in [9.17, 15) is 0 Å². The maximum Gasteiger partial charge on any atom is 0.0153 e. The van der Waals surface area contributed by atoms with Gasteiger partial charge in [-0.1, -0.05) is 12.8 Å².